The molecule has 0 unspecified atom stereocenters. The molecule has 2 nitrogen and oxygen atoms in total. The lowest BCUT2D eigenvalue weighted by atomic mass is 10.1. The summed E-state index contributed by atoms with van der Waals surface area (Å²) < 4.78 is 0. The fourth-order valence-corrected chi connectivity index (χ4v) is 0.728. The third kappa shape index (κ3) is 1.90. The molecule has 0 aliphatic rings. The maximum Gasteiger partial charge on any atom is 0.221 e. The van der Waals surface area contributed by atoms with E-state index in [0.29, 0.717) is 0 Å². The van der Waals surface area contributed by atoms with Crippen molar-refractivity contribution in [2.45, 2.75) is 6.42 Å². The molecule has 0 saturated carbocycles. The van der Waals surface area contributed by atoms with E-state index in [1.165, 1.54) is 0 Å². The van der Waals surface area contributed by atoms with Crippen LogP contribution >= 0.6 is 0 Å². The van der Waals surface area contributed by atoms with Crippen molar-refractivity contribution in [2.24, 2.45) is 5.73 Å². The highest BCUT2D eigenvalue weighted by Crippen LogP contribution is 1.96. The van der Waals surface area contributed by atoms with Crippen molar-refractivity contribution in [3.05, 3.63) is 35.9 Å². The number of carbonyl (C=O) groups is 1. The van der Waals surface area contributed by atoms with Gasteiger partial charge in [-0.3, -0.25) is 4.79 Å². The first-order valence-corrected chi connectivity index (χ1v) is 3.03. The predicted molar refractivity (Wildman–Crippen MR) is 38.2 cm³/mol. The highest BCUT2D eigenvalue weighted by molar-refractivity contribution is 5.76. The summed E-state index contributed by atoms with van der Waals surface area (Å²) in [6, 6.07) is 10.2. The summed E-state index contributed by atoms with van der Waals surface area (Å²) in [6.45, 7) is 0. The minimum absolute atomic E-state index is 0.279. The molecule has 1 amide bonds. The van der Waals surface area contributed by atoms with E-state index in [9.17, 15) is 4.79 Å². The Morgan fingerprint density at radius 1 is 1.60 bits per heavy atom. The Morgan fingerprint density at radius 3 is 2.90 bits per heavy atom. The summed E-state index contributed by atoms with van der Waals surface area (Å²) in [4.78, 5) is 10.4. The Balaban J connectivity index is 2.67. The zero-order valence-corrected chi connectivity index (χ0v) is 5.50. The highest BCUT2D eigenvalue weighted by Gasteiger charge is 1.94. The molecule has 0 atom stereocenters. The molecule has 0 aliphatic heterocycles. The average molecular weight is 134 g/mol. The zero-order chi connectivity index (χ0) is 7.40. The molecular formula is C8H8NO. The van der Waals surface area contributed by atoms with Gasteiger partial charge in [0.2, 0.25) is 5.91 Å². The molecule has 51 valence electrons. The van der Waals surface area contributed by atoms with Crippen LogP contribution < -0.4 is 5.73 Å². The maximum atomic E-state index is 10.4. The molecule has 1 aromatic rings. The molecule has 2 heteroatoms. The van der Waals surface area contributed by atoms with Crippen molar-refractivity contribution in [1.82, 2.24) is 0 Å². The minimum atomic E-state index is -0.317. The monoisotopic (exact) mass is 134 g/mol. The van der Waals surface area contributed by atoms with E-state index in [4.69, 9.17) is 5.73 Å². The molecule has 1 aromatic carbocycles. The standard InChI is InChI=1S/C8H8NO/c9-8(10)6-7-4-2-1-3-5-7/h1-4H,6H2,(H2,9,10). The molecule has 2 N–H and O–H groups in total. The van der Waals surface area contributed by atoms with E-state index in [1.54, 1.807) is 6.07 Å². The van der Waals surface area contributed by atoms with Gasteiger partial charge in [-0.15, -0.1) is 0 Å². The third-order valence-electron chi connectivity index (χ3n) is 1.14. The van der Waals surface area contributed by atoms with Crippen LogP contribution in [0.5, 0.6) is 0 Å². The Morgan fingerprint density at radius 2 is 2.40 bits per heavy atom. The fraction of sp³-hybridized carbons (Fsp3) is 0.125. The number of amides is 1. The fourth-order valence-electron chi connectivity index (χ4n) is 0.728. The molecule has 0 spiro atoms. The summed E-state index contributed by atoms with van der Waals surface area (Å²) >= 11 is 0. The normalized spacial score (nSPS) is 9.20. The van der Waals surface area contributed by atoms with Crippen LogP contribution in [0.2, 0.25) is 0 Å². The third-order valence-corrected chi connectivity index (χ3v) is 1.14. The number of carbonyl (C=O) groups excluding carboxylic acids is 1. The number of nitrogens with two attached hydrogens (primary N) is 1. The number of hydrogen-bond acceptors (Lipinski definition) is 1. The molecule has 1 radical (unpaired) electrons. The van der Waals surface area contributed by atoms with E-state index in [0.717, 1.165) is 5.56 Å². The quantitative estimate of drug-likeness (QED) is 0.629. The van der Waals surface area contributed by atoms with Crippen LogP contribution in [0.15, 0.2) is 24.3 Å². The summed E-state index contributed by atoms with van der Waals surface area (Å²) in [7, 11) is 0. The van der Waals surface area contributed by atoms with Gasteiger partial charge in [-0.05, 0) is 11.6 Å². The molecule has 0 bridgehead atoms. The van der Waals surface area contributed by atoms with Gasteiger partial charge in [0, 0.05) is 0 Å². The van der Waals surface area contributed by atoms with Crippen molar-refractivity contribution in [2.75, 3.05) is 0 Å². The number of rotatable bonds is 2. The number of benzene rings is 1. The van der Waals surface area contributed by atoms with Gasteiger partial charge in [0.25, 0.3) is 0 Å². The largest absolute Gasteiger partial charge is 0.369 e. The number of primary amides is 1. The summed E-state index contributed by atoms with van der Waals surface area (Å²) in [5.41, 5.74) is 5.81. The molecule has 10 heavy (non-hydrogen) atoms. The summed E-state index contributed by atoms with van der Waals surface area (Å²) in [5, 5.41) is 0. The van der Waals surface area contributed by atoms with Crippen LogP contribution in [0.1, 0.15) is 5.56 Å². The highest BCUT2D eigenvalue weighted by atomic mass is 16.1. The number of hydrogen-bond donors (Lipinski definition) is 1. The molecule has 0 fully saturated rings. The van der Waals surface area contributed by atoms with E-state index in [1.807, 2.05) is 18.2 Å². The van der Waals surface area contributed by atoms with E-state index in [2.05, 4.69) is 6.07 Å². The first kappa shape index (κ1) is 6.81. The van der Waals surface area contributed by atoms with Gasteiger partial charge >= 0.3 is 0 Å². The lowest BCUT2D eigenvalue weighted by Gasteiger charge is -1.92. The van der Waals surface area contributed by atoms with Gasteiger partial charge in [-0.1, -0.05) is 24.3 Å². The minimum Gasteiger partial charge on any atom is -0.369 e. The van der Waals surface area contributed by atoms with E-state index >= 15 is 0 Å². The summed E-state index contributed by atoms with van der Waals surface area (Å²) in [5.74, 6) is -0.317. The van der Waals surface area contributed by atoms with Crippen molar-refractivity contribution in [3.8, 4) is 0 Å². The van der Waals surface area contributed by atoms with Gasteiger partial charge < -0.3 is 5.73 Å². The van der Waals surface area contributed by atoms with E-state index in [-0.39, 0.29) is 12.3 Å². The van der Waals surface area contributed by atoms with Gasteiger partial charge in [-0.25, -0.2) is 0 Å². The Kier molecular flexibility index (Phi) is 2.05. The first-order chi connectivity index (χ1) is 4.79. The maximum absolute atomic E-state index is 10.4. The van der Waals surface area contributed by atoms with Crippen LogP contribution in [0, 0.1) is 6.07 Å². The van der Waals surface area contributed by atoms with Crippen LogP contribution in [-0.4, -0.2) is 5.91 Å². The van der Waals surface area contributed by atoms with Crippen molar-refractivity contribution >= 4 is 5.91 Å². The predicted octanol–water partition coefficient (Wildman–Crippen LogP) is 0.515. The van der Waals surface area contributed by atoms with Crippen LogP contribution in [-0.2, 0) is 11.2 Å². The molecule has 1 rings (SSSR count). The molecule has 0 saturated heterocycles. The topological polar surface area (TPSA) is 43.1 Å². The van der Waals surface area contributed by atoms with Crippen LogP contribution in [0.3, 0.4) is 0 Å². The van der Waals surface area contributed by atoms with Crippen molar-refractivity contribution in [1.29, 1.82) is 0 Å². The van der Waals surface area contributed by atoms with Gasteiger partial charge in [0.1, 0.15) is 0 Å². The smallest absolute Gasteiger partial charge is 0.221 e. The SMILES string of the molecule is NC(=O)Cc1[c]cccc1. The first-order valence-electron chi connectivity index (χ1n) is 3.03. The second-order valence-electron chi connectivity index (χ2n) is 2.03. The Labute approximate surface area is 59.7 Å². The second kappa shape index (κ2) is 3.01. The van der Waals surface area contributed by atoms with Gasteiger partial charge in [-0.2, -0.15) is 0 Å². The van der Waals surface area contributed by atoms with Crippen molar-refractivity contribution < 1.29 is 4.79 Å². The van der Waals surface area contributed by atoms with Crippen LogP contribution in [0.4, 0.5) is 0 Å². The Hall–Kier alpha value is -1.31. The lowest BCUT2D eigenvalue weighted by Crippen LogP contribution is -2.13. The second-order valence-corrected chi connectivity index (χ2v) is 2.03. The molecule has 0 aliphatic carbocycles. The van der Waals surface area contributed by atoms with E-state index < -0.39 is 0 Å². The Bertz CT molecular complexity index is 218. The average Bonchev–Trinajstić information content (AvgIpc) is 1.88. The van der Waals surface area contributed by atoms with Gasteiger partial charge in [0.05, 0.1) is 6.42 Å². The van der Waals surface area contributed by atoms with Crippen LogP contribution in [0.25, 0.3) is 0 Å². The van der Waals surface area contributed by atoms with Crippen molar-refractivity contribution in [3.63, 3.8) is 0 Å². The van der Waals surface area contributed by atoms with Gasteiger partial charge in [0.15, 0.2) is 0 Å². The molecule has 0 heterocycles. The molecule has 0 aromatic heterocycles. The molecular weight excluding hydrogens is 126 g/mol. The summed E-state index contributed by atoms with van der Waals surface area (Å²) in [6.07, 6.45) is 0.279. The lowest BCUT2D eigenvalue weighted by molar-refractivity contribution is -0.117. The zero-order valence-electron chi connectivity index (χ0n) is 5.50.